The number of rotatable bonds is 5. The Morgan fingerprint density at radius 2 is 2.37 bits per heavy atom. The maximum atomic E-state index is 11.8. The van der Waals surface area contributed by atoms with Crippen molar-refractivity contribution >= 4 is 22.9 Å². The lowest BCUT2D eigenvalue weighted by Gasteiger charge is -2.08. The third-order valence-electron chi connectivity index (χ3n) is 2.44. The van der Waals surface area contributed by atoms with Gasteiger partial charge in [-0.2, -0.15) is 0 Å². The zero-order valence-corrected chi connectivity index (χ0v) is 11.1. The molecule has 2 heterocycles. The van der Waals surface area contributed by atoms with Crippen molar-refractivity contribution in [1.82, 2.24) is 9.55 Å². The van der Waals surface area contributed by atoms with Crippen LogP contribution in [-0.4, -0.2) is 29.2 Å². The highest BCUT2D eigenvalue weighted by Gasteiger charge is 2.08. The van der Waals surface area contributed by atoms with E-state index in [4.69, 9.17) is 4.74 Å². The third kappa shape index (κ3) is 3.49. The summed E-state index contributed by atoms with van der Waals surface area (Å²) in [4.78, 5) is 27.3. The van der Waals surface area contributed by atoms with Gasteiger partial charge in [0.2, 0.25) is 0 Å². The smallest absolute Gasteiger partial charge is 0.275 e. The summed E-state index contributed by atoms with van der Waals surface area (Å²) >= 11 is 1.35. The van der Waals surface area contributed by atoms with Crippen LogP contribution < -0.4 is 10.9 Å². The number of hydrogen-bond donors (Lipinski definition) is 1. The molecule has 0 saturated heterocycles. The topological polar surface area (TPSA) is 73.2 Å². The van der Waals surface area contributed by atoms with Crippen molar-refractivity contribution in [3.05, 3.63) is 45.3 Å². The number of nitrogens with zero attached hydrogens (tertiary/aromatic N) is 2. The second-order valence-corrected chi connectivity index (χ2v) is 4.49. The minimum atomic E-state index is -0.293. The lowest BCUT2D eigenvalue weighted by molar-refractivity contribution is 0.102. The number of ether oxygens (including phenoxy) is 1. The van der Waals surface area contributed by atoms with Crippen LogP contribution in [0, 0.1) is 0 Å². The Morgan fingerprint density at radius 1 is 1.53 bits per heavy atom. The van der Waals surface area contributed by atoms with Crippen molar-refractivity contribution in [3.63, 3.8) is 0 Å². The number of methoxy groups -OCH3 is 1. The van der Waals surface area contributed by atoms with Crippen LogP contribution in [0.5, 0.6) is 0 Å². The number of anilines is 1. The first-order chi connectivity index (χ1) is 9.20. The molecule has 6 nitrogen and oxygen atoms in total. The molecule has 19 heavy (non-hydrogen) atoms. The van der Waals surface area contributed by atoms with Gasteiger partial charge in [0.25, 0.3) is 11.5 Å². The molecule has 0 atom stereocenters. The molecule has 0 saturated carbocycles. The summed E-state index contributed by atoms with van der Waals surface area (Å²) in [5.74, 6) is -0.293. The van der Waals surface area contributed by atoms with E-state index in [0.29, 0.717) is 24.5 Å². The van der Waals surface area contributed by atoms with Crippen molar-refractivity contribution in [2.24, 2.45) is 0 Å². The molecule has 1 N–H and O–H groups in total. The minimum absolute atomic E-state index is 0.135. The van der Waals surface area contributed by atoms with Crippen LogP contribution in [0.4, 0.5) is 5.69 Å². The lowest BCUT2D eigenvalue weighted by Crippen LogP contribution is -2.22. The van der Waals surface area contributed by atoms with Crippen molar-refractivity contribution in [1.29, 1.82) is 0 Å². The largest absolute Gasteiger partial charge is 0.383 e. The van der Waals surface area contributed by atoms with Crippen LogP contribution in [0.2, 0.25) is 0 Å². The first-order valence-corrected chi connectivity index (χ1v) is 6.54. The molecule has 0 aliphatic carbocycles. The van der Waals surface area contributed by atoms with E-state index in [1.165, 1.54) is 22.0 Å². The number of pyridine rings is 1. The number of carbonyl (C=O) groups excluding carboxylic acids is 1. The van der Waals surface area contributed by atoms with E-state index in [0.717, 1.165) is 0 Å². The van der Waals surface area contributed by atoms with Crippen molar-refractivity contribution < 1.29 is 9.53 Å². The normalized spacial score (nSPS) is 10.4. The Hall–Kier alpha value is -1.99. The molecule has 2 aromatic rings. The summed E-state index contributed by atoms with van der Waals surface area (Å²) in [6.45, 7) is 0.874. The van der Waals surface area contributed by atoms with Gasteiger partial charge in [-0.05, 0) is 6.07 Å². The highest BCUT2D eigenvalue weighted by atomic mass is 32.1. The van der Waals surface area contributed by atoms with Gasteiger partial charge in [0.1, 0.15) is 5.69 Å². The van der Waals surface area contributed by atoms with Crippen LogP contribution >= 0.6 is 11.3 Å². The van der Waals surface area contributed by atoms with Gasteiger partial charge in [-0.25, -0.2) is 4.98 Å². The second kappa shape index (κ2) is 6.26. The highest BCUT2D eigenvalue weighted by Crippen LogP contribution is 2.07. The average Bonchev–Trinajstić information content (AvgIpc) is 2.93. The predicted octanol–water partition coefficient (Wildman–Crippen LogP) is 1.20. The predicted molar refractivity (Wildman–Crippen MR) is 72.6 cm³/mol. The molecule has 2 rings (SSSR count). The van der Waals surface area contributed by atoms with Gasteiger partial charge < -0.3 is 14.6 Å². The zero-order chi connectivity index (χ0) is 13.7. The fourth-order valence-corrected chi connectivity index (χ4v) is 2.02. The summed E-state index contributed by atoms with van der Waals surface area (Å²) in [5.41, 5.74) is 2.37. The molecule has 0 aromatic carbocycles. The molecule has 100 valence electrons. The Morgan fingerprint density at radius 3 is 3.05 bits per heavy atom. The van der Waals surface area contributed by atoms with Crippen LogP contribution in [0.25, 0.3) is 0 Å². The number of amides is 1. The second-order valence-electron chi connectivity index (χ2n) is 3.77. The first kappa shape index (κ1) is 13.4. The maximum Gasteiger partial charge on any atom is 0.275 e. The van der Waals surface area contributed by atoms with E-state index in [-0.39, 0.29) is 11.5 Å². The Bertz CT molecular complexity index is 607. The van der Waals surface area contributed by atoms with Crippen LogP contribution in [0.15, 0.2) is 34.0 Å². The van der Waals surface area contributed by atoms with Gasteiger partial charge in [-0.15, -0.1) is 11.3 Å². The van der Waals surface area contributed by atoms with Gasteiger partial charge in [-0.3, -0.25) is 9.59 Å². The monoisotopic (exact) mass is 279 g/mol. The molecule has 0 aliphatic rings. The maximum absolute atomic E-state index is 11.8. The van der Waals surface area contributed by atoms with Crippen LogP contribution in [0.1, 0.15) is 10.5 Å². The van der Waals surface area contributed by atoms with Gasteiger partial charge in [0.15, 0.2) is 0 Å². The Labute approximate surface area is 113 Å². The number of thiazole rings is 1. The van der Waals surface area contributed by atoms with E-state index in [2.05, 4.69) is 10.3 Å². The summed E-state index contributed by atoms with van der Waals surface area (Å²) < 4.78 is 6.41. The molecule has 1 amide bonds. The van der Waals surface area contributed by atoms with Gasteiger partial charge in [0, 0.05) is 31.3 Å². The highest BCUT2D eigenvalue weighted by molar-refractivity contribution is 7.07. The van der Waals surface area contributed by atoms with Crippen molar-refractivity contribution in [3.8, 4) is 0 Å². The molecular weight excluding hydrogens is 266 g/mol. The average molecular weight is 279 g/mol. The fourth-order valence-electron chi connectivity index (χ4n) is 1.49. The molecule has 0 bridgehead atoms. The first-order valence-electron chi connectivity index (χ1n) is 5.59. The quantitative estimate of drug-likeness (QED) is 0.892. The van der Waals surface area contributed by atoms with E-state index >= 15 is 0 Å². The minimum Gasteiger partial charge on any atom is -0.383 e. The molecule has 2 aromatic heterocycles. The SMILES string of the molecule is COCCn1cc(NC(=O)c2cscn2)ccc1=O. The third-order valence-corrected chi connectivity index (χ3v) is 3.03. The van der Waals surface area contributed by atoms with E-state index in [1.54, 1.807) is 30.3 Å². The van der Waals surface area contributed by atoms with E-state index in [1.807, 2.05) is 0 Å². The van der Waals surface area contributed by atoms with Crippen LogP contribution in [0.3, 0.4) is 0 Å². The fraction of sp³-hybridized carbons (Fsp3) is 0.250. The Kier molecular flexibility index (Phi) is 4.43. The molecule has 0 aliphatic heterocycles. The van der Waals surface area contributed by atoms with Crippen LogP contribution in [-0.2, 0) is 11.3 Å². The zero-order valence-electron chi connectivity index (χ0n) is 10.3. The van der Waals surface area contributed by atoms with Gasteiger partial charge in [-0.1, -0.05) is 0 Å². The summed E-state index contributed by atoms with van der Waals surface area (Å²) in [7, 11) is 1.57. The van der Waals surface area contributed by atoms with Gasteiger partial charge >= 0.3 is 0 Å². The number of nitrogens with one attached hydrogen (secondary N) is 1. The molecule has 0 spiro atoms. The number of hydrogen-bond acceptors (Lipinski definition) is 5. The molecular formula is C12H13N3O3S. The van der Waals surface area contributed by atoms with Crippen molar-refractivity contribution in [2.75, 3.05) is 19.0 Å². The summed E-state index contributed by atoms with van der Waals surface area (Å²) in [5, 5.41) is 4.36. The lowest BCUT2D eigenvalue weighted by atomic mass is 10.3. The van der Waals surface area contributed by atoms with Crippen molar-refractivity contribution in [2.45, 2.75) is 6.54 Å². The summed E-state index contributed by atoms with van der Waals surface area (Å²) in [6, 6.07) is 2.97. The van der Waals surface area contributed by atoms with E-state index in [9.17, 15) is 9.59 Å². The number of aromatic nitrogens is 2. The number of carbonyl (C=O) groups is 1. The summed E-state index contributed by atoms with van der Waals surface area (Å²) in [6.07, 6.45) is 1.59. The molecule has 0 fully saturated rings. The molecule has 7 heteroatoms. The van der Waals surface area contributed by atoms with Gasteiger partial charge in [0.05, 0.1) is 17.8 Å². The standard InChI is InChI=1S/C12H13N3O3S/c1-18-5-4-15-6-9(2-3-11(15)16)14-12(17)10-7-19-8-13-10/h2-3,6-8H,4-5H2,1H3,(H,14,17). The van der Waals surface area contributed by atoms with E-state index < -0.39 is 0 Å². The Balaban J connectivity index is 2.12. The molecule has 0 unspecified atom stereocenters. The molecule has 0 radical (unpaired) electrons.